The van der Waals surface area contributed by atoms with Crippen molar-refractivity contribution in [2.24, 2.45) is 0 Å². The van der Waals surface area contributed by atoms with Crippen LogP contribution in [0.15, 0.2) is 10.6 Å². The van der Waals surface area contributed by atoms with Gasteiger partial charge in [0.1, 0.15) is 11.4 Å². The molecular formula is C13H18N2O4. The molecule has 2 heterocycles. The number of aliphatic hydroxyl groups is 1. The van der Waals surface area contributed by atoms with E-state index < -0.39 is 5.60 Å². The Labute approximate surface area is 111 Å². The minimum atomic E-state index is -0.987. The summed E-state index contributed by atoms with van der Waals surface area (Å²) in [5.41, 5.74) is -0.712. The molecule has 2 atom stereocenters. The largest absolute Gasteiger partial charge is 0.385 e. The molecule has 1 saturated heterocycles. The van der Waals surface area contributed by atoms with E-state index in [4.69, 9.17) is 9.26 Å². The second-order valence-electron chi connectivity index (χ2n) is 5.44. The molecule has 1 aromatic rings. The van der Waals surface area contributed by atoms with Crippen molar-refractivity contribution in [3.63, 3.8) is 0 Å². The molecule has 19 heavy (non-hydrogen) atoms. The standard InChI is InChI=1S/C13H18N2O4/c1-8-13(17,4-5-18-8)7-14-12(16)10-6-11(19-15-10)9-2-3-9/h6,8-9,17H,2-5,7H2,1H3,(H,14,16). The lowest BCUT2D eigenvalue weighted by molar-refractivity contribution is -0.0252. The van der Waals surface area contributed by atoms with Crippen molar-refractivity contribution in [3.05, 3.63) is 17.5 Å². The third-order valence-electron chi connectivity index (χ3n) is 3.96. The van der Waals surface area contributed by atoms with E-state index in [-0.39, 0.29) is 24.2 Å². The van der Waals surface area contributed by atoms with Crippen LogP contribution in [0.25, 0.3) is 0 Å². The molecule has 2 unspecified atom stereocenters. The van der Waals surface area contributed by atoms with Gasteiger partial charge in [0, 0.05) is 31.6 Å². The van der Waals surface area contributed by atoms with Crippen LogP contribution < -0.4 is 5.32 Å². The molecule has 1 aliphatic heterocycles. The predicted molar refractivity (Wildman–Crippen MR) is 65.8 cm³/mol. The van der Waals surface area contributed by atoms with Gasteiger partial charge >= 0.3 is 0 Å². The van der Waals surface area contributed by atoms with Crippen LogP contribution in [0.4, 0.5) is 0 Å². The van der Waals surface area contributed by atoms with Crippen LogP contribution >= 0.6 is 0 Å². The molecule has 0 spiro atoms. The van der Waals surface area contributed by atoms with Gasteiger partial charge in [0.05, 0.1) is 6.10 Å². The Morgan fingerprint density at radius 2 is 2.42 bits per heavy atom. The highest BCUT2D eigenvalue weighted by Crippen LogP contribution is 2.40. The molecular weight excluding hydrogens is 248 g/mol. The van der Waals surface area contributed by atoms with Crippen molar-refractivity contribution in [3.8, 4) is 0 Å². The maximum absolute atomic E-state index is 11.9. The van der Waals surface area contributed by atoms with E-state index in [9.17, 15) is 9.90 Å². The molecule has 0 aromatic carbocycles. The molecule has 3 rings (SSSR count). The van der Waals surface area contributed by atoms with E-state index in [0.717, 1.165) is 18.6 Å². The average molecular weight is 266 g/mol. The fourth-order valence-corrected chi connectivity index (χ4v) is 2.28. The Morgan fingerprint density at radius 1 is 1.63 bits per heavy atom. The van der Waals surface area contributed by atoms with Gasteiger partial charge in [-0.25, -0.2) is 0 Å². The van der Waals surface area contributed by atoms with Crippen molar-refractivity contribution in [2.45, 2.75) is 43.8 Å². The Balaban J connectivity index is 1.58. The van der Waals surface area contributed by atoms with Crippen molar-refractivity contribution >= 4 is 5.91 Å². The van der Waals surface area contributed by atoms with E-state index in [1.54, 1.807) is 13.0 Å². The zero-order valence-electron chi connectivity index (χ0n) is 10.9. The average Bonchev–Trinajstić information content (AvgIpc) is 3.03. The van der Waals surface area contributed by atoms with Crippen LogP contribution in [0.5, 0.6) is 0 Å². The van der Waals surface area contributed by atoms with Gasteiger partial charge in [0.15, 0.2) is 5.69 Å². The number of rotatable bonds is 4. The quantitative estimate of drug-likeness (QED) is 0.843. The molecule has 0 bridgehead atoms. The Bertz CT molecular complexity index is 483. The van der Waals surface area contributed by atoms with Gasteiger partial charge in [-0.15, -0.1) is 0 Å². The van der Waals surface area contributed by atoms with Crippen molar-refractivity contribution < 1.29 is 19.2 Å². The van der Waals surface area contributed by atoms with Gasteiger partial charge in [-0.2, -0.15) is 0 Å². The third-order valence-corrected chi connectivity index (χ3v) is 3.96. The van der Waals surface area contributed by atoms with E-state index in [2.05, 4.69) is 10.5 Å². The van der Waals surface area contributed by atoms with Crippen LogP contribution in [0.3, 0.4) is 0 Å². The Hall–Kier alpha value is -1.40. The lowest BCUT2D eigenvalue weighted by Crippen LogP contribution is -2.47. The summed E-state index contributed by atoms with van der Waals surface area (Å²) in [6.07, 6.45) is 2.46. The highest BCUT2D eigenvalue weighted by molar-refractivity contribution is 5.92. The maximum atomic E-state index is 11.9. The number of carbonyl (C=O) groups is 1. The van der Waals surface area contributed by atoms with Gasteiger partial charge in [-0.05, 0) is 19.8 Å². The fourth-order valence-electron chi connectivity index (χ4n) is 2.28. The molecule has 1 aromatic heterocycles. The summed E-state index contributed by atoms with van der Waals surface area (Å²) >= 11 is 0. The molecule has 6 heteroatoms. The molecule has 1 saturated carbocycles. The summed E-state index contributed by atoms with van der Waals surface area (Å²) in [7, 11) is 0. The topological polar surface area (TPSA) is 84.6 Å². The van der Waals surface area contributed by atoms with Crippen LogP contribution in [0, 0.1) is 0 Å². The molecule has 2 aliphatic rings. The minimum absolute atomic E-state index is 0.165. The predicted octanol–water partition coefficient (Wildman–Crippen LogP) is 0.822. The summed E-state index contributed by atoms with van der Waals surface area (Å²) in [5, 5.41) is 16.7. The zero-order valence-corrected chi connectivity index (χ0v) is 10.9. The smallest absolute Gasteiger partial charge is 0.273 e. The molecule has 2 fully saturated rings. The number of hydrogen-bond donors (Lipinski definition) is 2. The summed E-state index contributed by atoms with van der Waals surface area (Å²) in [4.78, 5) is 11.9. The molecule has 1 amide bonds. The number of ether oxygens (including phenoxy) is 1. The van der Waals surface area contributed by atoms with Gasteiger partial charge in [-0.3, -0.25) is 4.79 Å². The first-order valence-corrected chi connectivity index (χ1v) is 6.67. The number of hydrogen-bond acceptors (Lipinski definition) is 5. The monoisotopic (exact) mass is 266 g/mol. The van der Waals surface area contributed by atoms with Crippen molar-refractivity contribution in [1.29, 1.82) is 0 Å². The van der Waals surface area contributed by atoms with E-state index >= 15 is 0 Å². The fraction of sp³-hybridized carbons (Fsp3) is 0.692. The van der Waals surface area contributed by atoms with Crippen molar-refractivity contribution in [2.75, 3.05) is 13.2 Å². The lowest BCUT2D eigenvalue weighted by atomic mass is 9.97. The van der Waals surface area contributed by atoms with Gasteiger partial charge in [-0.1, -0.05) is 5.16 Å². The summed E-state index contributed by atoms with van der Waals surface area (Å²) in [6, 6.07) is 1.69. The molecule has 2 N–H and O–H groups in total. The zero-order chi connectivity index (χ0) is 13.5. The van der Waals surface area contributed by atoms with E-state index in [0.29, 0.717) is 18.9 Å². The van der Waals surface area contributed by atoms with Crippen LogP contribution in [0.2, 0.25) is 0 Å². The van der Waals surface area contributed by atoms with Gasteiger partial charge < -0.3 is 19.7 Å². The second kappa shape index (κ2) is 4.61. The van der Waals surface area contributed by atoms with Crippen LogP contribution in [-0.2, 0) is 4.74 Å². The number of nitrogens with zero attached hydrogens (tertiary/aromatic N) is 1. The normalized spacial score (nSPS) is 30.5. The highest BCUT2D eigenvalue weighted by atomic mass is 16.5. The van der Waals surface area contributed by atoms with Gasteiger partial charge in [0.25, 0.3) is 5.91 Å². The first kappa shape index (κ1) is 12.6. The third kappa shape index (κ3) is 2.50. The molecule has 6 nitrogen and oxygen atoms in total. The number of carbonyl (C=O) groups excluding carboxylic acids is 1. The Morgan fingerprint density at radius 3 is 3.05 bits per heavy atom. The number of amides is 1. The van der Waals surface area contributed by atoms with E-state index in [1.807, 2.05) is 0 Å². The lowest BCUT2D eigenvalue weighted by Gasteiger charge is -2.25. The first-order chi connectivity index (χ1) is 9.08. The molecule has 104 valence electrons. The molecule has 1 aliphatic carbocycles. The summed E-state index contributed by atoms with van der Waals surface area (Å²) in [6.45, 7) is 2.49. The van der Waals surface area contributed by atoms with Crippen LogP contribution in [0.1, 0.15) is 48.4 Å². The highest BCUT2D eigenvalue weighted by Gasteiger charge is 2.40. The summed E-state index contributed by atoms with van der Waals surface area (Å²) in [5.74, 6) is 0.895. The maximum Gasteiger partial charge on any atom is 0.273 e. The van der Waals surface area contributed by atoms with Gasteiger partial charge in [0.2, 0.25) is 0 Å². The number of nitrogens with one attached hydrogen (secondary N) is 1. The number of aromatic nitrogens is 1. The van der Waals surface area contributed by atoms with Crippen molar-refractivity contribution in [1.82, 2.24) is 10.5 Å². The second-order valence-corrected chi connectivity index (χ2v) is 5.44. The summed E-state index contributed by atoms with van der Waals surface area (Å²) < 4.78 is 10.4. The SMILES string of the molecule is CC1OCCC1(O)CNC(=O)c1cc(C2CC2)on1. The first-order valence-electron chi connectivity index (χ1n) is 6.67. The minimum Gasteiger partial charge on any atom is -0.385 e. The van der Waals surface area contributed by atoms with E-state index in [1.165, 1.54) is 0 Å². The van der Waals surface area contributed by atoms with Crippen LogP contribution in [-0.4, -0.2) is 41.0 Å². The molecule has 0 radical (unpaired) electrons. The Kier molecular flexibility index (Phi) is 3.06.